The molecule has 0 bridgehead atoms. The van der Waals surface area contributed by atoms with E-state index >= 15 is 0 Å². The third-order valence-corrected chi connectivity index (χ3v) is 4.56. The Morgan fingerprint density at radius 3 is 2.45 bits per heavy atom. The molecule has 0 aliphatic carbocycles. The summed E-state index contributed by atoms with van der Waals surface area (Å²) in [6, 6.07) is 4.43. The first-order valence-electron chi connectivity index (χ1n) is 5.56. The first-order chi connectivity index (χ1) is 9.33. The van der Waals surface area contributed by atoms with E-state index in [0.717, 1.165) is 0 Å². The number of H-pyrrole nitrogens is 1. The second kappa shape index (κ2) is 5.61. The molecular formula is C11H12Cl2N4O2S. The number of rotatable bonds is 4. The molecule has 0 aliphatic heterocycles. The SMILES string of the molecule is Cc1[nH]nc(CN)c1S(=O)(=O)Nc1cc(Cl)cc(Cl)c1. The van der Waals surface area contributed by atoms with Crippen LogP contribution < -0.4 is 10.5 Å². The number of aromatic nitrogens is 2. The maximum atomic E-state index is 12.4. The average molecular weight is 335 g/mol. The molecule has 0 amide bonds. The average Bonchev–Trinajstić information content (AvgIpc) is 2.69. The second-order valence-corrected chi connectivity index (χ2v) is 6.58. The van der Waals surface area contributed by atoms with Crippen LogP contribution in [0.3, 0.4) is 0 Å². The van der Waals surface area contributed by atoms with Gasteiger partial charge in [-0.15, -0.1) is 0 Å². The molecule has 0 aliphatic rings. The van der Waals surface area contributed by atoms with Crippen molar-refractivity contribution >= 4 is 38.9 Å². The number of benzene rings is 1. The zero-order valence-corrected chi connectivity index (χ0v) is 12.8. The van der Waals surface area contributed by atoms with Crippen LogP contribution in [0, 0.1) is 6.92 Å². The largest absolute Gasteiger partial charge is 0.325 e. The Kier molecular flexibility index (Phi) is 4.24. The monoisotopic (exact) mass is 334 g/mol. The molecule has 0 atom stereocenters. The Bertz CT molecular complexity index is 723. The molecule has 9 heteroatoms. The third-order valence-electron chi connectivity index (χ3n) is 2.54. The van der Waals surface area contributed by atoms with Gasteiger partial charge in [-0.25, -0.2) is 8.42 Å². The van der Waals surface area contributed by atoms with Crippen molar-refractivity contribution in [2.75, 3.05) is 4.72 Å². The van der Waals surface area contributed by atoms with Crippen LogP contribution in [0.5, 0.6) is 0 Å². The highest BCUT2D eigenvalue weighted by molar-refractivity contribution is 7.92. The van der Waals surface area contributed by atoms with E-state index in [1.165, 1.54) is 18.2 Å². The summed E-state index contributed by atoms with van der Waals surface area (Å²) in [5, 5.41) is 7.12. The fourth-order valence-electron chi connectivity index (χ4n) is 1.78. The normalized spacial score (nSPS) is 11.6. The summed E-state index contributed by atoms with van der Waals surface area (Å²) < 4.78 is 27.2. The van der Waals surface area contributed by atoms with Gasteiger partial charge in [0.1, 0.15) is 4.90 Å². The lowest BCUT2D eigenvalue weighted by Gasteiger charge is -2.09. The van der Waals surface area contributed by atoms with Crippen LogP contribution in [0.15, 0.2) is 23.1 Å². The number of aryl methyl sites for hydroxylation is 1. The number of anilines is 1. The number of halogens is 2. The number of nitrogens with zero attached hydrogens (tertiary/aromatic N) is 1. The van der Waals surface area contributed by atoms with Crippen molar-refractivity contribution in [3.05, 3.63) is 39.6 Å². The van der Waals surface area contributed by atoms with E-state index in [-0.39, 0.29) is 22.8 Å². The molecule has 0 saturated heterocycles. The standard InChI is InChI=1S/C11H12Cl2N4O2S/c1-6-11(10(5-14)16-15-6)20(18,19)17-9-3-7(12)2-8(13)4-9/h2-4,17H,5,14H2,1H3,(H,15,16). The molecule has 0 radical (unpaired) electrons. The fourth-order valence-corrected chi connectivity index (χ4v) is 3.73. The smallest absolute Gasteiger partial charge is 0.265 e. The predicted octanol–water partition coefficient (Wildman–Crippen LogP) is 2.28. The van der Waals surface area contributed by atoms with Crippen molar-refractivity contribution in [2.24, 2.45) is 5.73 Å². The molecule has 0 unspecified atom stereocenters. The highest BCUT2D eigenvalue weighted by Gasteiger charge is 2.23. The number of hydrogen-bond donors (Lipinski definition) is 3. The molecule has 0 spiro atoms. The van der Waals surface area contributed by atoms with Crippen molar-refractivity contribution < 1.29 is 8.42 Å². The van der Waals surface area contributed by atoms with Crippen LogP contribution in [0.25, 0.3) is 0 Å². The summed E-state index contributed by atoms with van der Waals surface area (Å²) >= 11 is 11.7. The van der Waals surface area contributed by atoms with E-state index < -0.39 is 10.0 Å². The molecule has 20 heavy (non-hydrogen) atoms. The topological polar surface area (TPSA) is 101 Å². The van der Waals surface area contributed by atoms with E-state index in [9.17, 15) is 8.42 Å². The lowest BCUT2D eigenvalue weighted by molar-refractivity contribution is 0.599. The fraction of sp³-hybridized carbons (Fsp3) is 0.182. The molecule has 2 rings (SSSR count). The van der Waals surface area contributed by atoms with Crippen LogP contribution >= 0.6 is 23.2 Å². The zero-order valence-electron chi connectivity index (χ0n) is 10.4. The maximum Gasteiger partial charge on any atom is 0.265 e. The predicted molar refractivity (Wildman–Crippen MR) is 78.5 cm³/mol. The van der Waals surface area contributed by atoms with E-state index in [4.69, 9.17) is 28.9 Å². The summed E-state index contributed by atoms with van der Waals surface area (Å²) in [7, 11) is -3.82. The molecule has 6 nitrogen and oxygen atoms in total. The quantitative estimate of drug-likeness (QED) is 0.798. The van der Waals surface area contributed by atoms with Crippen molar-refractivity contribution in [3.63, 3.8) is 0 Å². The van der Waals surface area contributed by atoms with E-state index in [1.807, 2.05) is 0 Å². The van der Waals surface area contributed by atoms with E-state index in [0.29, 0.717) is 15.7 Å². The minimum absolute atomic E-state index is 0.0108. The molecule has 108 valence electrons. The van der Waals surface area contributed by atoms with E-state index in [2.05, 4.69) is 14.9 Å². The summed E-state index contributed by atoms with van der Waals surface area (Å²) in [6.45, 7) is 1.61. The van der Waals surface area contributed by atoms with Crippen LogP contribution in [-0.4, -0.2) is 18.6 Å². The highest BCUT2D eigenvalue weighted by atomic mass is 35.5. The van der Waals surface area contributed by atoms with Gasteiger partial charge >= 0.3 is 0 Å². The summed E-state index contributed by atoms with van der Waals surface area (Å²) in [5.74, 6) is 0. The zero-order chi connectivity index (χ0) is 14.9. The Morgan fingerprint density at radius 2 is 1.90 bits per heavy atom. The van der Waals surface area contributed by atoms with Gasteiger partial charge in [0.05, 0.1) is 17.1 Å². The molecule has 0 fully saturated rings. The molecule has 2 aromatic rings. The summed E-state index contributed by atoms with van der Waals surface area (Å²) in [4.78, 5) is 0.0381. The highest BCUT2D eigenvalue weighted by Crippen LogP contribution is 2.26. The number of sulfonamides is 1. The van der Waals surface area contributed by atoms with E-state index in [1.54, 1.807) is 6.92 Å². The molecule has 4 N–H and O–H groups in total. The van der Waals surface area contributed by atoms with Crippen molar-refractivity contribution in [1.82, 2.24) is 10.2 Å². The van der Waals surface area contributed by atoms with Crippen LogP contribution in [0.4, 0.5) is 5.69 Å². The van der Waals surface area contributed by atoms with Crippen LogP contribution in [0.2, 0.25) is 10.0 Å². The van der Waals surface area contributed by atoms with Crippen molar-refractivity contribution in [2.45, 2.75) is 18.4 Å². The second-order valence-electron chi connectivity index (χ2n) is 4.09. The van der Waals surface area contributed by atoms with Gasteiger partial charge in [0, 0.05) is 16.6 Å². The Balaban J connectivity index is 2.43. The number of nitrogens with one attached hydrogen (secondary N) is 2. The van der Waals surface area contributed by atoms with Gasteiger partial charge in [-0.05, 0) is 25.1 Å². The van der Waals surface area contributed by atoms with Crippen LogP contribution in [0.1, 0.15) is 11.4 Å². The number of nitrogens with two attached hydrogens (primary N) is 1. The van der Waals surface area contributed by atoms with Gasteiger partial charge in [0.25, 0.3) is 10.0 Å². The molecule has 1 heterocycles. The van der Waals surface area contributed by atoms with Gasteiger partial charge in [-0.3, -0.25) is 9.82 Å². The molecule has 1 aromatic carbocycles. The van der Waals surface area contributed by atoms with Crippen molar-refractivity contribution in [3.8, 4) is 0 Å². The van der Waals surface area contributed by atoms with Gasteiger partial charge in [0.15, 0.2) is 0 Å². The van der Waals surface area contributed by atoms with Gasteiger partial charge in [-0.1, -0.05) is 23.2 Å². The van der Waals surface area contributed by atoms with Gasteiger partial charge < -0.3 is 5.73 Å². The maximum absolute atomic E-state index is 12.4. The first-order valence-corrected chi connectivity index (χ1v) is 7.80. The Hall–Kier alpha value is -1.28. The van der Waals surface area contributed by atoms with Crippen molar-refractivity contribution in [1.29, 1.82) is 0 Å². The Labute approximate surface area is 126 Å². The van der Waals surface area contributed by atoms with Crippen LogP contribution in [-0.2, 0) is 16.6 Å². The first kappa shape index (κ1) is 15.1. The number of aromatic amines is 1. The summed E-state index contributed by atoms with van der Waals surface area (Å²) in [6.07, 6.45) is 0. The van der Waals surface area contributed by atoms with Gasteiger partial charge in [0.2, 0.25) is 0 Å². The minimum atomic E-state index is -3.82. The Morgan fingerprint density at radius 1 is 1.30 bits per heavy atom. The lowest BCUT2D eigenvalue weighted by atomic mass is 10.3. The van der Waals surface area contributed by atoms with Gasteiger partial charge in [-0.2, -0.15) is 5.10 Å². The molecular weight excluding hydrogens is 323 g/mol. The molecule has 0 saturated carbocycles. The summed E-state index contributed by atoms with van der Waals surface area (Å²) in [5.41, 5.74) is 6.43. The minimum Gasteiger partial charge on any atom is -0.325 e. The molecule has 1 aromatic heterocycles. The third kappa shape index (κ3) is 3.06. The lowest BCUT2D eigenvalue weighted by Crippen LogP contribution is -2.16. The number of hydrogen-bond acceptors (Lipinski definition) is 4.